The van der Waals surface area contributed by atoms with Crippen LogP contribution in [-0.4, -0.2) is 32.3 Å². The molecule has 0 heterocycles. The number of hydrogen-bond donors (Lipinski definition) is 2. The number of anilines is 2. The van der Waals surface area contributed by atoms with Crippen LogP contribution in [0, 0.1) is 0 Å². The van der Waals surface area contributed by atoms with Gasteiger partial charge in [-0.05, 0) is 55.0 Å². The summed E-state index contributed by atoms with van der Waals surface area (Å²) in [5.41, 5.74) is 1.48. The van der Waals surface area contributed by atoms with Gasteiger partial charge in [-0.15, -0.1) is 0 Å². The number of rotatable bonds is 15. The molecule has 180 valence electrons. The molecule has 6 nitrogen and oxygen atoms in total. The number of carbonyl (C=O) groups excluding carboxylic acids is 1. The second kappa shape index (κ2) is 14.5. The topological polar surface area (TPSA) is 68.8 Å². The van der Waals surface area contributed by atoms with E-state index in [1.165, 1.54) is 19.3 Å². The van der Waals surface area contributed by atoms with Crippen LogP contribution in [0.5, 0.6) is 17.2 Å². The van der Waals surface area contributed by atoms with Crippen molar-refractivity contribution in [1.82, 2.24) is 0 Å². The first-order valence-corrected chi connectivity index (χ1v) is 11.9. The summed E-state index contributed by atoms with van der Waals surface area (Å²) < 4.78 is 17.2. The molecular formula is C28H34N2O4. The number of amides is 1. The van der Waals surface area contributed by atoms with Gasteiger partial charge in [-0.3, -0.25) is 4.79 Å². The van der Waals surface area contributed by atoms with Crippen LogP contribution < -0.4 is 24.8 Å². The lowest BCUT2D eigenvalue weighted by Gasteiger charge is -2.14. The van der Waals surface area contributed by atoms with Gasteiger partial charge in [0.1, 0.15) is 30.5 Å². The van der Waals surface area contributed by atoms with Gasteiger partial charge >= 0.3 is 0 Å². The number of hydrogen-bond acceptors (Lipinski definition) is 5. The maximum atomic E-state index is 12.5. The van der Waals surface area contributed by atoms with Crippen LogP contribution in [0.1, 0.15) is 32.6 Å². The molecule has 6 heteroatoms. The quantitative estimate of drug-likeness (QED) is 0.265. The zero-order valence-corrected chi connectivity index (χ0v) is 19.8. The van der Waals surface area contributed by atoms with Gasteiger partial charge in [-0.1, -0.05) is 56.5 Å². The first-order chi connectivity index (χ1) is 16.7. The van der Waals surface area contributed by atoms with E-state index >= 15 is 0 Å². The highest BCUT2D eigenvalue weighted by atomic mass is 16.5. The molecule has 0 aliphatic rings. The molecule has 3 rings (SSSR count). The van der Waals surface area contributed by atoms with Crippen molar-refractivity contribution in [3.05, 3.63) is 78.9 Å². The molecule has 3 aromatic rings. The Balaban J connectivity index is 1.39. The molecule has 0 unspecified atom stereocenters. The van der Waals surface area contributed by atoms with E-state index in [0.717, 1.165) is 30.2 Å². The lowest BCUT2D eigenvalue weighted by Crippen LogP contribution is -2.22. The van der Waals surface area contributed by atoms with E-state index in [1.54, 1.807) is 0 Å². The lowest BCUT2D eigenvalue weighted by atomic mass is 10.2. The van der Waals surface area contributed by atoms with Crippen LogP contribution in [0.4, 0.5) is 11.4 Å². The summed E-state index contributed by atoms with van der Waals surface area (Å²) >= 11 is 0. The largest absolute Gasteiger partial charge is 0.494 e. The van der Waals surface area contributed by atoms with Crippen molar-refractivity contribution >= 4 is 17.3 Å². The highest BCUT2D eigenvalue weighted by Gasteiger charge is 2.08. The fraction of sp³-hybridized carbons (Fsp3) is 0.321. The van der Waals surface area contributed by atoms with Gasteiger partial charge in [-0.2, -0.15) is 0 Å². The summed E-state index contributed by atoms with van der Waals surface area (Å²) in [7, 11) is 0. The Morgan fingerprint density at radius 2 is 1.38 bits per heavy atom. The Morgan fingerprint density at radius 1 is 0.706 bits per heavy atom. The molecule has 0 aliphatic heterocycles. The maximum absolute atomic E-state index is 12.5. The first kappa shape index (κ1) is 25.0. The zero-order valence-electron chi connectivity index (χ0n) is 19.8. The molecule has 0 atom stereocenters. The SMILES string of the molecule is CCCCCCOc1ccc(NCC(=O)Nc2ccccc2OCCOc2ccccc2)cc1. The summed E-state index contributed by atoms with van der Waals surface area (Å²) in [5, 5.41) is 6.04. The van der Waals surface area contributed by atoms with E-state index in [0.29, 0.717) is 24.7 Å². The molecule has 0 saturated carbocycles. The van der Waals surface area contributed by atoms with Crippen LogP contribution >= 0.6 is 0 Å². The van der Waals surface area contributed by atoms with Crippen LogP contribution in [-0.2, 0) is 4.79 Å². The fourth-order valence-corrected chi connectivity index (χ4v) is 3.29. The molecule has 0 radical (unpaired) electrons. The van der Waals surface area contributed by atoms with E-state index in [2.05, 4.69) is 17.6 Å². The summed E-state index contributed by atoms with van der Waals surface area (Å²) in [4.78, 5) is 12.5. The molecule has 34 heavy (non-hydrogen) atoms. The zero-order chi connectivity index (χ0) is 23.8. The average Bonchev–Trinajstić information content (AvgIpc) is 2.87. The van der Waals surface area contributed by atoms with Gasteiger partial charge in [0, 0.05) is 5.69 Å². The standard InChI is InChI=1S/C28H34N2O4/c1-2-3-4-10-19-32-25-17-15-23(16-18-25)29-22-28(31)30-26-13-8-9-14-27(26)34-21-20-33-24-11-6-5-7-12-24/h5-9,11-18,29H,2-4,10,19-22H2,1H3,(H,30,31). The van der Waals surface area contributed by atoms with Crippen LogP contribution in [0.15, 0.2) is 78.9 Å². The average molecular weight is 463 g/mol. The third-order valence-electron chi connectivity index (χ3n) is 5.09. The smallest absolute Gasteiger partial charge is 0.243 e. The predicted octanol–water partition coefficient (Wildman–Crippen LogP) is 6.15. The Morgan fingerprint density at radius 3 is 2.18 bits per heavy atom. The summed E-state index contributed by atoms with van der Waals surface area (Å²) in [5.74, 6) is 2.08. The van der Waals surface area contributed by atoms with Crippen molar-refractivity contribution in [1.29, 1.82) is 0 Å². The highest BCUT2D eigenvalue weighted by molar-refractivity contribution is 5.95. The summed E-state index contributed by atoms with van der Waals surface area (Å²) in [6.07, 6.45) is 4.73. The minimum Gasteiger partial charge on any atom is -0.494 e. The van der Waals surface area contributed by atoms with Crippen molar-refractivity contribution in [2.24, 2.45) is 0 Å². The highest BCUT2D eigenvalue weighted by Crippen LogP contribution is 2.24. The monoisotopic (exact) mass is 462 g/mol. The number of nitrogens with one attached hydrogen (secondary N) is 2. The number of ether oxygens (including phenoxy) is 3. The normalized spacial score (nSPS) is 10.4. The molecular weight excluding hydrogens is 428 g/mol. The summed E-state index contributed by atoms with van der Waals surface area (Å²) in [6.45, 7) is 3.85. The molecule has 0 fully saturated rings. The molecule has 3 aromatic carbocycles. The van der Waals surface area contributed by atoms with Gasteiger partial charge in [0.05, 0.1) is 18.8 Å². The van der Waals surface area contributed by atoms with Crippen LogP contribution in [0.3, 0.4) is 0 Å². The van der Waals surface area contributed by atoms with Gasteiger partial charge in [0.2, 0.25) is 5.91 Å². The Bertz CT molecular complexity index is 977. The Labute approximate surface area is 202 Å². The molecule has 0 spiro atoms. The minimum atomic E-state index is -0.159. The van der Waals surface area contributed by atoms with Crippen molar-refractivity contribution < 1.29 is 19.0 Å². The van der Waals surface area contributed by atoms with Crippen molar-refractivity contribution in [2.75, 3.05) is 37.0 Å². The van der Waals surface area contributed by atoms with E-state index in [-0.39, 0.29) is 12.5 Å². The minimum absolute atomic E-state index is 0.142. The van der Waals surface area contributed by atoms with Gasteiger partial charge in [0.25, 0.3) is 0 Å². The van der Waals surface area contributed by atoms with Crippen molar-refractivity contribution in [3.63, 3.8) is 0 Å². The molecule has 0 aromatic heterocycles. The number of para-hydroxylation sites is 3. The third kappa shape index (κ3) is 9.06. The van der Waals surface area contributed by atoms with Crippen molar-refractivity contribution in [2.45, 2.75) is 32.6 Å². The van der Waals surface area contributed by atoms with Gasteiger partial charge in [0.15, 0.2) is 0 Å². The third-order valence-corrected chi connectivity index (χ3v) is 5.09. The van der Waals surface area contributed by atoms with E-state index in [9.17, 15) is 4.79 Å². The second-order valence-electron chi connectivity index (χ2n) is 7.84. The van der Waals surface area contributed by atoms with E-state index in [4.69, 9.17) is 14.2 Å². The first-order valence-electron chi connectivity index (χ1n) is 11.9. The molecule has 1 amide bonds. The van der Waals surface area contributed by atoms with Crippen molar-refractivity contribution in [3.8, 4) is 17.2 Å². The lowest BCUT2D eigenvalue weighted by molar-refractivity contribution is -0.114. The van der Waals surface area contributed by atoms with E-state index < -0.39 is 0 Å². The molecule has 2 N–H and O–H groups in total. The number of unbranched alkanes of at least 4 members (excludes halogenated alkanes) is 3. The Kier molecular flexibility index (Phi) is 10.6. The summed E-state index contributed by atoms with van der Waals surface area (Å²) in [6, 6.07) is 24.6. The van der Waals surface area contributed by atoms with Crippen LogP contribution in [0.25, 0.3) is 0 Å². The Hall–Kier alpha value is -3.67. The van der Waals surface area contributed by atoms with Gasteiger partial charge in [-0.25, -0.2) is 0 Å². The predicted molar refractivity (Wildman–Crippen MR) is 137 cm³/mol. The second-order valence-corrected chi connectivity index (χ2v) is 7.84. The fourth-order valence-electron chi connectivity index (χ4n) is 3.29. The van der Waals surface area contributed by atoms with E-state index in [1.807, 2.05) is 78.9 Å². The number of benzene rings is 3. The maximum Gasteiger partial charge on any atom is 0.243 e. The molecule has 0 saturated heterocycles. The molecule has 0 aliphatic carbocycles. The number of carbonyl (C=O) groups is 1. The van der Waals surface area contributed by atoms with Crippen LogP contribution in [0.2, 0.25) is 0 Å². The van der Waals surface area contributed by atoms with Gasteiger partial charge < -0.3 is 24.8 Å². The molecule has 0 bridgehead atoms.